The highest BCUT2D eigenvalue weighted by Gasteiger charge is 2.46. The van der Waals surface area contributed by atoms with E-state index in [4.69, 9.17) is 19.3 Å². The van der Waals surface area contributed by atoms with Crippen LogP contribution in [0.15, 0.2) is 24.3 Å². The quantitative estimate of drug-likeness (QED) is 0.382. The molecule has 1 heterocycles. The summed E-state index contributed by atoms with van der Waals surface area (Å²) in [5, 5.41) is 38.5. The van der Waals surface area contributed by atoms with Crippen LogP contribution in [0.4, 0.5) is 0 Å². The number of rotatable bonds is 4. The molecule has 5 atom stereocenters. The van der Waals surface area contributed by atoms with E-state index in [1.165, 1.54) is 18.2 Å². The van der Waals surface area contributed by atoms with Crippen molar-refractivity contribution in [3.63, 3.8) is 0 Å². The Kier molecular flexibility index (Phi) is 5.86. The molecule has 1 aliphatic rings. The van der Waals surface area contributed by atoms with Gasteiger partial charge in [-0.2, -0.15) is 0 Å². The van der Waals surface area contributed by atoms with E-state index in [-0.39, 0.29) is 11.3 Å². The summed E-state index contributed by atoms with van der Waals surface area (Å²) < 4.78 is 14.7. The lowest BCUT2D eigenvalue weighted by Gasteiger charge is -2.39. The molecule has 0 aliphatic carbocycles. The maximum Gasteiger partial charge on any atom is 0.342 e. The van der Waals surface area contributed by atoms with Crippen LogP contribution in [-0.2, 0) is 14.3 Å². The number of para-hydroxylation sites is 1. The van der Waals surface area contributed by atoms with E-state index in [2.05, 4.69) is 0 Å². The van der Waals surface area contributed by atoms with Crippen molar-refractivity contribution >= 4 is 11.9 Å². The van der Waals surface area contributed by atoms with Crippen LogP contribution < -0.4 is 4.74 Å². The molecule has 24 heavy (non-hydrogen) atoms. The summed E-state index contributed by atoms with van der Waals surface area (Å²) in [6.07, 6.45) is -7.79. The van der Waals surface area contributed by atoms with Crippen molar-refractivity contribution in [2.24, 2.45) is 0 Å². The van der Waals surface area contributed by atoms with Gasteiger partial charge in [-0.15, -0.1) is 0 Å². The minimum Gasteiger partial charge on any atom is -0.453 e. The summed E-state index contributed by atoms with van der Waals surface area (Å²) in [4.78, 5) is 23.4. The van der Waals surface area contributed by atoms with Crippen molar-refractivity contribution in [2.45, 2.75) is 37.6 Å². The lowest BCUT2D eigenvalue weighted by atomic mass is 9.99. The highest BCUT2D eigenvalue weighted by Crippen LogP contribution is 2.25. The minimum atomic E-state index is -1.74. The number of hydrogen-bond acceptors (Lipinski definition) is 9. The average Bonchev–Trinajstić information content (AvgIpc) is 2.54. The average molecular weight is 342 g/mol. The molecule has 0 spiro atoms. The number of ether oxygens (including phenoxy) is 3. The van der Waals surface area contributed by atoms with Crippen LogP contribution in [0.5, 0.6) is 5.75 Å². The van der Waals surface area contributed by atoms with Crippen LogP contribution in [0.2, 0.25) is 0 Å². The highest BCUT2D eigenvalue weighted by molar-refractivity contribution is 5.93. The lowest BCUT2D eigenvalue weighted by molar-refractivity contribution is -0.285. The van der Waals surface area contributed by atoms with Gasteiger partial charge >= 0.3 is 11.9 Å². The predicted molar refractivity (Wildman–Crippen MR) is 76.9 cm³/mol. The Labute approximate surface area is 137 Å². The predicted octanol–water partition coefficient (Wildman–Crippen LogP) is -1.43. The monoisotopic (exact) mass is 342 g/mol. The standard InChI is InChI=1S/C15H18O9/c1-7(17)22-9-5-3-2-4-8(9)14(20)24-13-11(18)10(6-16)23-15(21)12(13)19/h2-5,10-13,15-16,18-19,21H,6H2,1H3/t10-,11-,12-,13+,15-/m1/s1. The van der Waals surface area contributed by atoms with Crippen molar-refractivity contribution in [1.82, 2.24) is 0 Å². The number of carbonyl (C=O) groups excluding carboxylic acids is 2. The fourth-order valence-corrected chi connectivity index (χ4v) is 2.27. The van der Waals surface area contributed by atoms with E-state index < -0.39 is 49.3 Å². The molecule has 1 fully saturated rings. The van der Waals surface area contributed by atoms with Crippen LogP contribution >= 0.6 is 0 Å². The molecule has 1 aromatic carbocycles. The van der Waals surface area contributed by atoms with Gasteiger partial charge in [0.1, 0.15) is 29.6 Å². The Morgan fingerprint density at radius 3 is 2.46 bits per heavy atom. The molecule has 0 aromatic heterocycles. The van der Waals surface area contributed by atoms with Gasteiger partial charge in [0.05, 0.1) is 6.61 Å². The molecule has 9 heteroatoms. The second-order valence-electron chi connectivity index (χ2n) is 5.19. The Bertz CT molecular complexity index is 602. The molecule has 9 nitrogen and oxygen atoms in total. The molecule has 4 N–H and O–H groups in total. The van der Waals surface area contributed by atoms with Gasteiger partial charge < -0.3 is 34.6 Å². The molecule has 1 aliphatic heterocycles. The van der Waals surface area contributed by atoms with Crippen LogP contribution in [0.3, 0.4) is 0 Å². The molecular formula is C15H18O9. The van der Waals surface area contributed by atoms with Crippen LogP contribution in [-0.4, -0.2) is 69.7 Å². The van der Waals surface area contributed by atoms with Crippen LogP contribution in [0, 0.1) is 0 Å². The first-order valence-electron chi connectivity index (χ1n) is 7.14. The zero-order valence-corrected chi connectivity index (χ0v) is 12.7. The van der Waals surface area contributed by atoms with Gasteiger partial charge in [0, 0.05) is 6.92 Å². The Balaban J connectivity index is 2.20. The molecule has 2 rings (SSSR count). The van der Waals surface area contributed by atoms with E-state index in [9.17, 15) is 24.9 Å². The molecule has 1 saturated heterocycles. The van der Waals surface area contributed by atoms with Gasteiger partial charge in [0.25, 0.3) is 0 Å². The van der Waals surface area contributed by atoms with E-state index in [0.29, 0.717) is 0 Å². The van der Waals surface area contributed by atoms with Crippen molar-refractivity contribution in [2.75, 3.05) is 6.61 Å². The van der Waals surface area contributed by atoms with Gasteiger partial charge in [0.15, 0.2) is 12.4 Å². The first-order chi connectivity index (χ1) is 11.3. The molecular weight excluding hydrogens is 324 g/mol. The third-order valence-electron chi connectivity index (χ3n) is 3.44. The zero-order chi connectivity index (χ0) is 17.9. The van der Waals surface area contributed by atoms with E-state index >= 15 is 0 Å². The Morgan fingerprint density at radius 2 is 1.83 bits per heavy atom. The molecule has 132 valence electrons. The first kappa shape index (κ1) is 18.3. The number of carbonyl (C=O) groups is 2. The van der Waals surface area contributed by atoms with Gasteiger partial charge in [-0.25, -0.2) is 4.79 Å². The minimum absolute atomic E-state index is 0.0507. The smallest absolute Gasteiger partial charge is 0.342 e. The van der Waals surface area contributed by atoms with Gasteiger partial charge in [-0.05, 0) is 12.1 Å². The summed E-state index contributed by atoms with van der Waals surface area (Å²) in [6, 6.07) is 5.75. The van der Waals surface area contributed by atoms with Gasteiger partial charge in [0.2, 0.25) is 0 Å². The number of aliphatic hydroxyl groups is 4. The van der Waals surface area contributed by atoms with Crippen LogP contribution in [0.1, 0.15) is 17.3 Å². The molecule has 0 bridgehead atoms. The second-order valence-corrected chi connectivity index (χ2v) is 5.19. The molecule has 0 radical (unpaired) electrons. The van der Waals surface area contributed by atoms with E-state index in [1.807, 2.05) is 0 Å². The Morgan fingerprint density at radius 1 is 1.17 bits per heavy atom. The summed E-state index contributed by atoms with van der Waals surface area (Å²) in [6.45, 7) is 0.513. The SMILES string of the molecule is CC(=O)Oc1ccccc1C(=O)O[C@@H]1[C@@H](O)[C@H](O)O[C@H](CO)[C@H]1O. The number of aliphatic hydroxyl groups excluding tert-OH is 4. The summed E-state index contributed by atoms with van der Waals surface area (Å²) >= 11 is 0. The van der Waals surface area contributed by atoms with Gasteiger partial charge in [-0.3, -0.25) is 4.79 Å². The maximum absolute atomic E-state index is 12.3. The number of esters is 2. The third kappa shape index (κ3) is 3.89. The van der Waals surface area contributed by atoms with Crippen molar-refractivity contribution in [3.8, 4) is 5.75 Å². The van der Waals surface area contributed by atoms with Crippen molar-refractivity contribution in [3.05, 3.63) is 29.8 Å². The van der Waals surface area contributed by atoms with E-state index in [1.54, 1.807) is 6.07 Å². The van der Waals surface area contributed by atoms with Crippen molar-refractivity contribution in [1.29, 1.82) is 0 Å². The molecule has 1 aromatic rings. The summed E-state index contributed by atoms with van der Waals surface area (Å²) in [7, 11) is 0. The topological polar surface area (TPSA) is 143 Å². The Hall–Kier alpha value is -2.04. The largest absolute Gasteiger partial charge is 0.453 e. The zero-order valence-electron chi connectivity index (χ0n) is 12.7. The lowest BCUT2D eigenvalue weighted by Crippen LogP contribution is -2.59. The third-order valence-corrected chi connectivity index (χ3v) is 3.44. The highest BCUT2D eigenvalue weighted by atomic mass is 16.7. The van der Waals surface area contributed by atoms with Crippen molar-refractivity contribution < 1.29 is 44.2 Å². The fourth-order valence-electron chi connectivity index (χ4n) is 2.27. The first-order valence-corrected chi connectivity index (χ1v) is 7.14. The fraction of sp³-hybridized carbons (Fsp3) is 0.467. The van der Waals surface area contributed by atoms with E-state index in [0.717, 1.165) is 6.92 Å². The molecule has 0 unspecified atom stereocenters. The summed E-state index contributed by atoms with van der Waals surface area (Å²) in [5.74, 6) is -1.68. The van der Waals surface area contributed by atoms with Gasteiger partial charge in [-0.1, -0.05) is 12.1 Å². The number of hydrogen-bond donors (Lipinski definition) is 4. The molecule has 0 saturated carbocycles. The second kappa shape index (κ2) is 7.69. The summed E-state index contributed by atoms with van der Waals surface area (Å²) in [5.41, 5.74) is -0.103. The number of benzene rings is 1. The normalized spacial score (nSPS) is 29.8. The maximum atomic E-state index is 12.3. The van der Waals surface area contributed by atoms with Crippen LogP contribution in [0.25, 0.3) is 0 Å². The molecule has 0 amide bonds.